The Morgan fingerprint density at radius 1 is 1.44 bits per heavy atom. The largest absolute Gasteiger partial charge is 0.384 e. The zero-order valence-corrected chi connectivity index (χ0v) is 9.63. The van der Waals surface area contributed by atoms with E-state index in [1.165, 1.54) is 12.1 Å². The standard InChI is InChI=1S/C13H16FNO/c1-3-15(2)10-12-6-7-13(14)9-11(12)5-4-8-16/h6-7,9,16H,3,8,10H2,1-2H3. The van der Waals surface area contributed by atoms with Crippen LogP contribution < -0.4 is 0 Å². The zero-order chi connectivity index (χ0) is 12.0. The van der Waals surface area contributed by atoms with Crippen molar-refractivity contribution >= 4 is 0 Å². The van der Waals surface area contributed by atoms with Crippen LogP contribution in [0, 0.1) is 17.7 Å². The van der Waals surface area contributed by atoms with E-state index in [4.69, 9.17) is 5.11 Å². The maximum atomic E-state index is 13.0. The predicted molar refractivity (Wildman–Crippen MR) is 62.4 cm³/mol. The van der Waals surface area contributed by atoms with Gasteiger partial charge in [-0.15, -0.1) is 0 Å². The summed E-state index contributed by atoms with van der Waals surface area (Å²) in [7, 11) is 1.99. The van der Waals surface area contributed by atoms with Gasteiger partial charge in [0.25, 0.3) is 0 Å². The molecule has 0 heterocycles. The van der Waals surface area contributed by atoms with Gasteiger partial charge < -0.3 is 10.0 Å². The van der Waals surface area contributed by atoms with E-state index < -0.39 is 0 Å². The molecule has 0 atom stereocenters. The zero-order valence-electron chi connectivity index (χ0n) is 9.63. The summed E-state index contributed by atoms with van der Waals surface area (Å²) in [6.45, 7) is 3.50. The van der Waals surface area contributed by atoms with E-state index in [9.17, 15) is 4.39 Å². The monoisotopic (exact) mass is 221 g/mol. The number of hydrogen-bond donors (Lipinski definition) is 1. The molecule has 3 heteroatoms. The number of nitrogens with zero attached hydrogens (tertiary/aromatic N) is 1. The molecular weight excluding hydrogens is 205 g/mol. The first-order chi connectivity index (χ1) is 7.67. The van der Waals surface area contributed by atoms with Gasteiger partial charge in [0.15, 0.2) is 0 Å². The highest BCUT2D eigenvalue weighted by molar-refractivity contribution is 5.41. The van der Waals surface area contributed by atoms with Crippen molar-refractivity contribution in [3.63, 3.8) is 0 Å². The third kappa shape index (κ3) is 3.65. The van der Waals surface area contributed by atoms with Gasteiger partial charge in [-0.25, -0.2) is 4.39 Å². The van der Waals surface area contributed by atoms with Gasteiger partial charge in [0.1, 0.15) is 12.4 Å². The summed E-state index contributed by atoms with van der Waals surface area (Å²) >= 11 is 0. The second-order valence-electron chi connectivity index (χ2n) is 3.59. The van der Waals surface area contributed by atoms with Gasteiger partial charge in [-0.1, -0.05) is 24.8 Å². The number of hydrogen-bond acceptors (Lipinski definition) is 2. The number of rotatable bonds is 3. The molecule has 0 unspecified atom stereocenters. The summed E-state index contributed by atoms with van der Waals surface area (Å²) in [5.74, 6) is 5.01. The van der Waals surface area contributed by atoms with Gasteiger partial charge in [-0.3, -0.25) is 0 Å². The molecule has 0 spiro atoms. The van der Waals surface area contributed by atoms with Crippen LogP contribution in [-0.2, 0) is 6.54 Å². The van der Waals surface area contributed by atoms with E-state index in [1.807, 2.05) is 7.05 Å². The Morgan fingerprint density at radius 2 is 2.19 bits per heavy atom. The first-order valence-electron chi connectivity index (χ1n) is 5.24. The Morgan fingerprint density at radius 3 is 2.81 bits per heavy atom. The van der Waals surface area contributed by atoms with Crippen LogP contribution in [0.1, 0.15) is 18.1 Å². The van der Waals surface area contributed by atoms with Gasteiger partial charge in [-0.2, -0.15) is 0 Å². The molecule has 0 aliphatic rings. The molecule has 1 aromatic rings. The third-order valence-electron chi connectivity index (χ3n) is 2.35. The Kier molecular flexibility index (Phi) is 4.97. The van der Waals surface area contributed by atoms with Crippen molar-refractivity contribution < 1.29 is 9.50 Å². The lowest BCUT2D eigenvalue weighted by Crippen LogP contribution is -2.17. The van der Waals surface area contributed by atoms with Crippen LogP contribution in [0.5, 0.6) is 0 Å². The van der Waals surface area contributed by atoms with Gasteiger partial charge in [-0.05, 0) is 31.3 Å². The molecule has 0 fully saturated rings. The molecule has 0 radical (unpaired) electrons. The predicted octanol–water partition coefficient (Wildman–Crippen LogP) is 1.62. The molecule has 0 bridgehead atoms. The SMILES string of the molecule is CCN(C)Cc1ccc(F)cc1C#CCO. The molecule has 0 saturated carbocycles. The van der Waals surface area contributed by atoms with Gasteiger partial charge in [0.2, 0.25) is 0 Å². The van der Waals surface area contributed by atoms with Crippen LogP contribution in [0.15, 0.2) is 18.2 Å². The number of benzene rings is 1. The smallest absolute Gasteiger partial charge is 0.124 e. The fourth-order valence-electron chi connectivity index (χ4n) is 1.34. The van der Waals surface area contributed by atoms with Crippen molar-refractivity contribution in [1.82, 2.24) is 4.90 Å². The molecule has 16 heavy (non-hydrogen) atoms. The molecule has 1 aromatic carbocycles. The van der Waals surface area contributed by atoms with Crippen LogP contribution in [0.3, 0.4) is 0 Å². The van der Waals surface area contributed by atoms with Gasteiger partial charge in [0, 0.05) is 12.1 Å². The lowest BCUT2D eigenvalue weighted by molar-refractivity contribution is 0.345. The van der Waals surface area contributed by atoms with E-state index in [2.05, 4.69) is 23.7 Å². The Hall–Kier alpha value is -1.37. The highest BCUT2D eigenvalue weighted by atomic mass is 19.1. The van der Waals surface area contributed by atoms with Crippen LogP contribution in [0.2, 0.25) is 0 Å². The topological polar surface area (TPSA) is 23.5 Å². The van der Waals surface area contributed by atoms with E-state index >= 15 is 0 Å². The summed E-state index contributed by atoms with van der Waals surface area (Å²) in [5.41, 5.74) is 1.63. The van der Waals surface area contributed by atoms with Gasteiger partial charge >= 0.3 is 0 Å². The van der Waals surface area contributed by atoms with Crippen molar-refractivity contribution in [3.8, 4) is 11.8 Å². The Balaban J connectivity index is 2.98. The molecule has 0 aliphatic heterocycles. The molecule has 1 rings (SSSR count). The molecular formula is C13H16FNO. The van der Waals surface area contributed by atoms with Crippen molar-refractivity contribution in [1.29, 1.82) is 0 Å². The van der Waals surface area contributed by atoms with Crippen molar-refractivity contribution in [2.24, 2.45) is 0 Å². The molecule has 0 aromatic heterocycles. The fraction of sp³-hybridized carbons (Fsp3) is 0.385. The van der Waals surface area contributed by atoms with Crippen LogP contribution in [-0.4, -0.2) is 30.2 Å². The lowest BCUT2D eigenvalue weighted by Gasteiger charge is -2.15. The maximum Gasteiger partial charge on any atom is 0.124 e. The first-order valence-corrected chi connectivity index (χ1v) is 5.24. The van der Waals surface area contributed by atoms with E-state index in [-0.39, 0.29) is 12.4 Å². The van der Waals surface area contributed by atoms with Crippen molar-refractivity contribution in [3.05, 3.63) is 35.1 Å². The van der Waals surface area contributed by atoms with E-state index in [0.717, 1.165) is 18.7 Å². The highest BCUT2D eigenvalue weighted by Gasteiger charge is 2.04. The van der Waals surface area contributed by atoms with Crippen LogP contribution in [0.25, 0.3) is 0 Å². The summed E-state index contributed by atoms with van der Waals surface area (Å²) in [6, 6.07) is 4.58. The minimum Gasteiger partial charge on any atom is -0.384 e. The number of halogens is 1. The molecule has 1 N–H and O–H groups in total. The summed E-state index contributed by atoms with van der Waals surface area (Å²) < 4.78 is 13.0. The lowest BCUT2D eigenvalue weighted by atomic mass is 10.1. The summed E-state index contributed by atoms with van der Waals surface area (Å²) in [5, 5.41) is 8.64. The highest BCUT2D eigenvalue weighted by Crippen LogP contribution is 2.12. The minimum absolute atomic E-state index is 0.209. The normalized spacial score (nSPS) is 10.1. The molecule has 0 saturated heterocycles. The maximum absolute atomic E-state index is 13.0. The molecule has 2 nitrogen and oxygen atoms in total. The van der Waals surface area contributed by atoms with Gasteiger partial charge in [0.05, 0.1) is 0 Å². The van der Waals surface area contributed by atoms with E-state index in [0.29, 0.717) is 5.56 Å². The average molecular weight is 221 g/mol. The first kappa shape index (κ1) is 12.7. The van der Waals surface area contributed by atoms with Crippen LogP contribution >= 0.6 is 0 Å². The Labute approximate surface area is 95.7 Å². The summed E-state index contributed by atoms with van der Waals surface area (Å²) in [6.07, 6.45) is 0. The van der Waals surface area contributed by atoms with Crippen molar-refractivity contribution in [2.45, 2.75) is 13.5 Å². The molecule has 0 amide bonds. The number of aliphatic hydroxyl groups is 1. The minimum atomic E-state index is -0.301. The van der Waals surface area contributed by atoms with Crippen LogP contribution in [0.4, 0.5) is 4.39 Å². The average Bonchev–Trinajstić information content (AvgIpc) is 2.29. The molecule has 0 aliphatic carbocycles. The summed E-state index contributed by atoms with van der Waals surface area (Å²) in [4.78, 5) is 2.11. The Bertz CT molecular complexity index is 406. The second-order valence-corrected chi connectivity index (χ2v) is 3.59. The van der Waals surface area contributed by atoms with E-state index in [1.54, 1.807) is 6.07 Å². The van der Waals surface area contributed by atoms with Crippen molar-refractivity contribution in [2.75, 3.05) is 20.2 Å². The number of aliphatic hydroxyl groups excluding tert-OH is 1. The third-order valence-corrected chi connectivity index (χ3v) is 2.35. The quantitative estimate of drug-likeness (QED) is 0.784. The fourth-order valence-corrected chi connectivity index (χ4v) is 1.34. The molecule has 86 valence electrons. The second kappa shape index (κ2) is 6.26.